The van der Waals surface area contributed by atoms with Crippen LogP contribution in [-0.2, 0) is 16.6 Å². The fourth-order valence-electron chi connectivity index (χ4n) is 2.40. The van der Waals surface area contributed by atoms with Crippen LogP contribution in [0.3, 0.4) is 0 Å². The maximum absolute atomic E-state index is 12.2. The molecule has 0 aliphatic rings. The van der Waals surface area contributed by atoms with Gasteiger partial charge in [0.05, 0.1) is 12.3 Å². The zero-order valence-corrected chi connectivity index (χ0v) is 20.2. The maximum atomic E-state index is 12.2. The summed E-state index contributed by atoms with van der Waals surface area (Å²) in [6, 6.07) is 13.6. The fourth-order valence-corrected chi connectivity index (χ4v) is 4.08. The summed E-state index contributed by atoms with van der Waals surface area (Å²) in [5.41, 5.74) is 0.937. The molecule has 156 valence electrons. The molecule has 0 spiro atoms. The highest BCUT2D eigenvalue weighted by molar-refractivity contribution is 14.0. The molecule has 0 fully saturated rings. The zero-order valence-electron chi connectivity index (χ0n) is 16.2. The monoisotopic (exact) mass is 536 g/mol. The summed E-state index contributed by atoms with van der Waals surface area (Å²) in [5, 5.41) is 8.31. The number of hydrogen-bond donors (Lipinski definition) is 3. The Balaban J connectivity index is 0.00000392. The maximum Gasteiger partial charge on any atom is 0.213 e. The summed E-state index contributed by atoms with van der Waals surface area (Å²) in [5.74, 6) is 0.959. The minimum Gasteiger partial charge on any atom is -0.357 e. The third-order valence-electron chi connectivity index (χ3n) is 3.90. The number of nitrogens with one attached hydrogen (secondary N) is 3. The van der Waals surface area contributed by atoms with E-state index in [1.165, 1.54) is 4.88 Å². The molecule has 1 aromatic heterocycles. The summed E-state index contributed by atoms with van der Waals surface area (Å²) in [7, 11) is -3.35. The van der Waals surface area contributed by atoms with Crippen molar-refractivity contribution in [2.75, 3.05) is 25.4 Å². The summed E-state index contributed by atoms with van der Waals surface area (Å²) in [6.45, 7) is 6.08. The number of nitrogens with zero attached hydrogens (tertiary/aromatic N) is 1. The largest absolute Gasteiger partial charge is 0.357 e. The topological polar surface area (TPSA) is 82.6 Å². The SMILES string of the molecule is CCNC(=NCC(C)c1cccs1)NCCS(=O)(=O)NCc1ccccc1.I. The molecule has 0 amide bonds. The van der Waals surface area contributed by atoms with Gasteiger partial charge in [0.1, 0.15) is 0 Å². The lowest BCUT2D eigenvalue weighted by molar-refractivity contribution is 0.580. The molecule has 0 bridgehead atoms. The van der Waals surface area contributed by atoms with Gasteiger partial charge < -0.3 is 10.6 Å². The highest BCUT2D eigenvalue weighted by Crippen LogP contribution is 2.20. The molecule has 0 saturated heterocycles. The quantitative estimate of drug-likeness (QED) is 0.248. The third-order valence-corrected chi connectivity index (χ3v) is 6.33. The van der Waals surface area contributed by atoms with Crippen LogP contribution in [-0.4, -0.2) is 39.8 Å². The average Bonchev–Trinajstić information content (AvgIpc) is 3.20. The van der Waals surface area contributed by atoms with Crippen LogP contribution in [0.4, 0.5) is 0 Å². The first-order valence-electron chi connectivity index (χ1n) is 9.07. The lowest BCUT2D eigenvalue weighted by Gasteiger charge is -2.13. The van der Waals surface area contributed by atoms with Gasteiger partial charge in [-0.05, 0) is 23.9 Å². The van der Waals surface area contributed by atoms with Gasteiger partial charge in [0.15, 0.2) is 5.96 Å². The van der Waals surface area contributed by atoms with E-state index >= 15 is 0 Å². The van der Waals surface area contributed by atoms with Gasteiger partial charge in [-0.1, -0.05) is 43.3 Å². The van der Waals surface area contributed by atoms with Crippen molar-refractivity contribution in [3.05, 3.63) is 58.3 Å². The average molecular weight is 537 g/mol. The van der Waals surface area contributed by atoms with E-state index in [0.717, 1.165) is 12.1 Å². The van der Waals surface area contributed by atoms with Crippen molar-refractivity contribution in [3.8, 4) is 0 Å². The van der Waals surface area contributed by atoms with E-state index < -0.39 is 10.0 Å². The van der Waals surface area contributed by atoms with Crippen molar-refractivity contribution in [2.24, 2.45) is 4.99 Å². The minimum atomic E-state index is -3.35. The first-order valence-corrected chi connectivity index (χ1v) is 11.6. The van der Waals surface area contributed by atoms with Crippen LogP contribution < -0.4 is 15.4 Å². The van der Waals surface area contributed by atoms with Crippen LogP contribution >= 0.6 is 35.3 Å². The van der Waals surface area contributed by atoms with Crippen molar-refractivity contribution >= 4 is 51.3 Å². The van der Waals surface area contributed by atoms with E-state index in [9.17, 15) is 8.42 Å². The van der Waals surface area contributed by atoms with Crippen LogP contribution in [0.1, 0.15) is 30.2 Å². The number of halogens is 1. The highest BCUT2D eigenvalue weighted by atomic mass is 127. The van der Waals surface area contributed by atoms with Gasteiger partial charge in [-0.25, -0.2) is 13.1 Å². The number of rotatable bonds is 10. The Labute approximate surface area is 189 Å². The van der Waals surface area contributed by atoms with Gasteiger partial charge in [-0.15, -0.1) is 35.3 Å². The molecule has 0 saturated carbocycles. The van der Waals surface area contributed by atoms with Gasteiger partial charge >= 0.3 is 0 Å². The van der Waals surface area contributed by atoms with Crippen molar-refractivity contribution in [2.45, 2.75) is 26.3 Å². The molecule has 1 unspecified atom stereocenters. The van der Waals surface area contributed by atoms with Crippen molar-refractivity contribution in [1.29, 1.82) is 0 Å². The molecule has 28 heavy (non-hydrogen) atoms. The molecule has 2 aromatic rings. The third kappa shape index (κ3) is 9.35. The number of aliphatic imine (C=N–C) groups is 1. The number of guanidine groups is 1. The molecule has 1 heterocycles. The van der Waals surface area contributed by atoms with Crippen LogP contribution in [0.2, 0.25) is 0 Å². The summed E-state index contributed by atoms with van der Waals surface area (Å²) < 4.78 is 26.9. The Morgan fingerprint density at radius 1 is 1.14 bits per heavy atom. The van der Waals surface area contributed by atoms with Crippen molar-refractivity contribution < 1.29 is 8.42 Å². The molecule has 1 aromatic carbocycles. The molecular weight excluding hydrogens is 507 g/mol. The van der Waals surface area contributed by atoms with Gasteiger partial charge in [0, 0.05) is 30.4 Å². The van der Waals surface area contributed by atoms with E-state index in [1.54, 1.807) is 11.3 Å². The van der Waals surface area contributed by atoms with E-state index in [0.29, 0.717) is 31.5 Å². The van der Waals surface area contributed by atoms with Crippen LogP contribution in [0.5, 0.6) is 0 Å². The lowest BCUT2D eigenvalue weighted by atomic mass is 10.1. The molecule has 6 nitrogen and oxygen atoms in total. The normalized spacial score (nSPS) is 12.9. The zero-order chi connectivity index (χ0) is 19.5. The standard InChI is InChI=1S/C19H28N4O2S2.HI/c1-3-20-19(22-14-16(2)18-10-7-12-26-18)21-11-13-27(24,25)23-15-17-8-5-4-6-9-17;/h4-10,12,16,23H,3,11,13-15H2,1-2H3,(H2,20,21,22);1H. The number of thiophene rings is 1. The highest BCUT2D eigenvalue weighted by Gasteiger charge is 2.11. The summed E-state index contributed by atoms with van der Waals surface area (Å²) in [6.07, 6.45) is 0. The Bertz CT molecular complexity index is 797. The first-order chi connectivity index (χ1) is 13.0. The van der Waals surface area contributed by atoms with Crippen LogP contribution in [0.25, 0.3) is 0 Å². The Morgan fingerprint density at radius 3 is 2.54 bits per heavy atom. The molecule has 9 heteroatoms. The van der Waals surface area contributed by atoms with Crippen molar-refractivity contribution in [1.82, 2.24) is 15.4 Å². The number of sulfonamides is 1. The van der Waals surface area contributed by atoms with Gasteiger partial charge in [-0.3, -0.25) is 4.99 Å². The molecule has 0 radical (unpaired) electrons. The molecule has 0 aliphatic carbocycles. The lowest BCUT2D eigenvalue weighted by Crippen LogP contribution is -2.41. The second kappa shape index (κ2) is 13.1. The number of benzene rings is 1. The smallest absolute Gasteiger partial charge is 0.213 e. The Kier molecular flexibility index (Phi) is 11.7. The molecule has 0 aliphatic heterocycles. The second-order valence-corrected chi connectivity index (χ2v) is 9.09. The van der Waals surface area contributed by atoms with E-state index in [2.05, 4.69) is 38.7 Å². The van der Waals surface area contributed by atoms with Crippen LogP contribution in [0, 0.1) is 0 Å². The van der Waals surface area contributed by atoms with E-state index in [1.807, 2.05) is 43.3 Å². The fraction of sp³-hybridized carbons (Fsp3) is 0.421. The number of hydrogen-bond acceptors (Lipinski definition) is 4. The molecule has 2 rings (SSSR count). The molecule has 1 atom stereocenters. The Hall–Kier alpha value is -1.17. The van der Waals surface area contributed by atoms with Gasteiger partial charge in [0.25, 0.3) is 0 Å². The summed E-state index contributed by atoms with van der Waals surface area (Å²) in [4.78, 5) is 5.86. The van der Waals surface area contributed by atoms with Gasteiger partial charge in [-0.2, -0.15) is 0 Å². The predicted molar refractivity (Wildman–Crippen MR) is 129 cm³/mol. The van der Waals surface area contributed by atoms with E-state index in [4.69, 9.17) is 0 Å². The first kappa shape index (κ1) is 24.9. The Morgan fingerprint density at radius 2 is 1.89 bits per heavy atom. The molecular formula is C19H29IN4O2S2. The van der Waals surface area contributed by atoms with Gasteiger partial charge in [0.2, 0.25) is 10.0 Å². The minimum absolute atomic E-state index is 0. The second-order valence-electron chi connectivity index (χ2n) is 6.19. The summed E-state index contributed by atoms with van der Waals surface area (Å²) >= 11 is 1.72. The predicted octanol–water partition coefficient (Wildman–Crippen LogP) is 3.14. The molecule has 3 N–H and O–H groups in total. The van der Waals surface area contributed by atoms with E-state index in [-0.39, 0.29) is 29.7 Å². The van der Waals surface area contributed by atoms with Crippen molar-refractivity contribution in [3.63, 3.8) is 0 Å². The van der Waals surface area contributed by atoms with Crippen LogP contribution in [0.15, 0.2) is 52.8 Å².